The summed E-state index contributed by atoms with van der Waals surface area (Å²) in [4.78, 5) is 16.4. The summed E-state index contributed by atoms with van der Waals surface area (Å²) in [5.74, 6) is -1.77. The summed E-state index contributed by atoms with van der Waals surface area (Å²) in [7, 11) is 0. The molecule has 4 aromatic rings. The van der Waals surface area contributed by atoms with Crippen LogP contribution in [0.2, 0.25) is 5.02 Å². The van der Waals surface area contributed by atoms with Crippen LogP contribution < -0.4 is 0 Å². The van der Waals surface area contributed by atoms with Crippen LogP contribution in [-0.4, -0.2) is 16.1 Å². The van der Waals surface area contributed by atoms with Crippen molar-refractivity contribution < 1.29 is 14.3 Å². The molecule has 0 fully saturated rings. The fourth-order valence-corrected chi connectivity index (χ4v) is 4.06. The van der Waals surface area contributed by atoms with Crippen LogP contribution in [0.25, 0.3) is 21.2 Å². The van der Waals surface area contributed by atoms with E-state index in [-0.39, 0.29) is 0 Å². The molecule has 4 rings (SSSR count). The van der Waals surface area contributed by atoms with E-state index in [1.807, 2.05) is 42.5 Å². The van der Waals surface area contributed by atoms with E-state index >= 15 is 0 Å². The average Bonchev–Trinajstić information content (AvgIpc) is 3.24. The van der Waals surface area contributed by atoms with Crippen molar-refractivity contribution in [3.05, 3.63) is 76.8 Å². The van der Waals surface area contributed by atoms with Crippen LogP contribution in [-0.2, 0) is 4.79 Å². The molecule has 1 unspecified atom stereocenters. The number of carbonyl (C=O) groups is 1. The number of oxazole rings is 1. The monoisotopic (exact) mass is 369 g/mol. The van der Waals surface area contributed by atoms with E-state index in [0.717, 1.165) is 26.1 Å². The Balaban J connectivity index is 1.77. The minimum atomic E-state index is -0.946. The molecule has 1 N–H and O–H groups in total. The van der Waals surface area contributed by atoms with Gasteiger partial charge in [0.15, 0.2) is 6.39 Å². The van der Waals surface area contributed by atoms with Crippen LogP contribution in [0.3, 0.4) is 0 Å². The molecule has 0 aliphatic rings. The van der Waals surface area contributed by atoms with Gasteiger partial charge in [0, 0.05) is 14.6 Å². The molecule has 6 heteroatoms. The number of benzene rings is 2. The summed E-state index contributed by atoms with van der Waals surface area (Å²) in [6.45, 7) is 0. The Morgan fingerprint density at radius 2 is 1.88 bits per heavy atom. The molecule has 0 aliphatic heterocycles. The molecule has 1 atom stereocenters. The number of hydrogen-bond donors (Lipinski definition) is 1. The summed E-state index contributed by atoms with van der Waals surface area (Å²) in [6, 6.07) is 15.6. The van der Waals surface area contributed by atoms with Crippen LogP contribution in [0.5, 0.6) is 0 Å². The number of hydrogen-bond acceptors (Lipinski definition) is 4. The van der Waals surface area contributed by atoms with Crippen LogP contribution in [0.4, 0.5) is 0 Å². The fourth-order valence-electron chi connectivity index (χ4n) is 2.79. The Kier molecular flexibility index (Phi) is 4.03. The highest BCUT2D eigenvalue weighted by molar-refractivity contribution is 7.19. The van der Waals surface area contributed by atoms with Gasteiger partial charge >= 0.3 is 5.97 Å². The predicted octanol–water partition coefficient (Wildman–Crippen LogP) is 5.43. The Hall–Kier alpha value is -2.63. The lowest BCUT2D eigenvalue weighted by Crippen LogP contribution is -2.11. The van der Waals surface area contributed by atoms with E-state index in [1.54, 1.807) is 0 Å². The van der Waals surface area contributed by atoms with E-state index < -0.39 is 11.9 Å². The van der Waals surface area contributed by atoms with Crippen molar-refractivity contribution >= 4 is 39.0 Å². The molecule has 4 nitrogen and oxygen atoms in total. The fraction of sp³-hybridized carbons (Fsp3) is 0.0526. The molecule has 2 heterocycles. The molecule has 0 saturated carbocycles. The number of aromatic nitrogens is 1. The normalized spacial score (nSPS) is 12.4. The number of fused-ring (bicyclic) bond motifs is 1. The maximum absolute atomic E-state index is 11.7. The zero-order valence-electron chi connectivity index (χ0n) is 12.8. The number of carboxylic acid groups (broad SMARTS) is 1. The number of rotatable bonds is 4. The number of aliphatic carboxylic acids is 1. The Labute approximate surface area is 152 Å². The van der Waals surface area contributed by atoms with E-state index in [9.17, 15) is 9.90 Å². The minimum absolute atomic E-state index is 0.400. The Morgan fingerprint density at radius 1 is 1.12 bits per heavy atom. The van der Waals surface area contributed by atoms with Crippen molar-refractivity contribution in [3.63, 3.8) is 0 Å². The first kappa shape index (κ1) is 15.9. The molecular weight excluding hydrogens is 358 g/mol. The van der Waals surface area contributed by atoms with Crippen LogP contribution in [0.1, 0.15) is 16.5 Å². The second-order valence-electron chi connectivity index (χ2n) is 5.59. The molecule has 0 spiro atoms. The first-order chi connectivity index (χ1) is 12.1. The molecule has 0 aliphatic carbocycles. The second-order valence-corrected chi connectivity index (χ2v) is 7.14. The largest absolute Gasteiger partial charge is 0.480 e. The smallest absolute Gasteiger partial charge is 0.318 e. The zero-order valence-corrected chi connectivity index (χ0v) is 14.4. The molecule has 0 bridgehead atoms. The molecule has 0 radical (unpaired) electrons. The van der Waals surface area contributed by atoms with Crippen LogP contribution >= 0.6 is 22.9 Å². The van der Waals surface area contributed by atoms with Gasteiger partial charge in [0.05, 0.1) is 5.69 Å². The molecular formula is C19H12ClNO3S. The Bertz CT molecular complexity index is 1040. The number of carboxylic acids is 1. The maximum Gasteiger partial charge on any atom is 0.318 e. The quantitative estimate of drug-likeness (QED) is 0.521. The van der Waals surface area contributed by atoms with Crippen molar-refractivity contribution in [2.24, 2.45) is 0 Å². The number of thiophene rings is 1. The second kappa shape index (κ2) is 6.35. The zero-order chi connectivity index (χ0) is 17.4. The molecule has 124 valence electrons. The highest BCUT2D eigenvalue weighted by Gasteiger charge is 2.26. The van der Waals surface area contributed by atoms with Gasteiger partial charge in [-0.2, -0.15) is 0 Å². The lowest BCUT2D eigenvalue weighted by Gasteiger charge is -2.05. The summed E-state index contributed by atoms with van der Waals surface area (Å²) in [5, 5.41) is 11.3. The topological polar surface area (TPSA) is 63.3 Å². The molecule has 0 amide bonds. The highest BCUT2D eigenvalue weighted by Crippen LogP contribution is 2.36. The SMILES string of the molecule is O=C(O)C(c1cocn1)c1cc2cc(-c3ccc(Cl)cc3)ccc2s1. The molecule has 25 heavy (non-hydrogen) atoms. The third kappa shape index (κ3) is 3.04. The molecule has 2 aromatic heterocycles. The minimum Gasteiger partial charge on any atom is -0.480 e. The predicted molar refractivity (Wildman–Crippen MR) is 98.3 cm³/mol. The third-order valence-electron chi connectivity index (χ3n) is 3.99. The summed E-state index contributed by atoms with van der Waals surface area (Å²) in [5.41, 5.74) is 2.52. The van der Waals surface area contributed by atoms with Gasteiger partial charge in [-0.1, -0.05) is 29.8 Å². The van der Waals surface area contributed by atoms with Crippen molar-refractivity contribution in [2.75, 3.05) is 0 Å². The van der Waals surface area contributed by atoms with Gasteiger partial charge in [-0.05, 0) is 46.8 Å². The molecule has 0 saturated heterocycles. The van der Waals surface area contributed by atoms with Gasteiger partial charge in [-0.25, -0.2) is 4.98 Å². The number of nitrogens with zero attached hydrogens (tertiary/aromatic N) is 1. The lowest BCUT2D eigenvalue weighted by molar-refractivity contribution is -0.137. The van der Waals surface area contributed by atoms with Gasteiger partial charge < -0.3 is 9.52 Å². The van der Waals surface area contributed by atoms with Crippen molar-refractivity contribution in [3.8, 4) is 11.1 Å². The van der Waals surface area contributed by atoms with Crippen molar-refractivity contribution in [1.82, 2.24) is 4.98 Å². The van der Waals surface area contributed by atoms with Gasteiger partial charge in [0.1, 0.15) is 12.2 Å². The van der Waals surface area contributed by atoms with E-state index in [2.05, 4.69) is 11.1 Å². The maximum atomic E-state index is 11.7. The van der Waals surface area contributed by atoms with Crippen LogP contribution in [0, 0.1) is 0 Å². The van der Waals surface area contributed by atoms with Crippen LogP contribution in [0.15, 0.2) is 65.6 Å². The van der Waals surface area contributed by atoms with Crippen molar-refractivity contribution in [2.45, 2.75) is 5.92 Å². The molecule has 2 aromatic carbocycles. The van der Waals surface area contributed by atoms with Crippen molar-refractivity contribution in [1.29, 1.82) is 0 Å². The summed E-state index contributed by atoms with van der Waals surface area (Å²) >= 11 is 7.40. The average molecular weight is 370 g/mol. The Morgan fingerprint density at radius 3 is 2.56 bits per heavy atom. The number of halogens is 1. The lowest BCUT2D eigenvalue weighted by atomic mass is 10.0. The standard InChI is InChI=1S/C19H12ClNO3S/c20-14-4-1-11(2-5-14)12-3-6-16-13(7-12)8-17(25-16)18(19(22)23)15-9-24-10-21-15/h1-10,18H,(H,22,23). The summed E-state index contributed by atoms with van der Waals surface area (Å²) < 4.78 is 5.98. The van der Waals surface area contributed by atoms with Gasteiger partial charge in [-0.15, -0.1) is 11.3 Å². The van der Waals surface area contributed by atoms with Gasteiger partial charge in [0.2, 0.25) is 0 Å². The van der Waals surface area contributed by atoms with E-state index in [1.165, 1.54) is 24.0 Å². The van der Waals surface area contributed by atoms with E-state index in [4.69, 9.17) is 16.0 Å². The highest BCUT2D eigenvalue weighted by atomic mass is 35.5. The van der Waals surface area contributed by atoms with Gasteiger partial charge in [0.25, 0.3) is 0 Å². The first-order valence-electron chi connectivity index (χ1n) is 7.52. The van der Waals surface area contributed by atoms with Gasteiger partial charge in [-0.3, -0.25) is 4.79 Å². The third-order valence-corrected chi connectivity index (χ3v) is 5.42. The van der Waals surface area contributed by atoms with E-state index in [0.29, 0.717) is 10.7 Å². The summed E-state index contributed by atoms with van der Waals surface area (Å²) in [6.07, 6.45) is 2.62. The first-order valence-corrected chi connectivity index (χ1v) is 8.71.